The van der Waals surface area contributed by atoms with Crippen LogP contribution in [0.15, 0.2) is 0 Å². The van der Waals surface area contributed by atoms with Crippen LogP contribution in [0, 0.1) is 17.8 Å². The number of thiol groups is 1. The Morgan fingerprint density at radius 3 is 2.43 bits per heavy atom. The highest BCUT2D eigenvalue weighted by molar-refractivity contribution is 7.81. The van der Waals surface area contributed by atoms with Crippen molar-refractivity contribution < 1.29 is 14.4 Å². The second-order valence-electron chi connectivity index (χ2n) is 4.24. The number of hydrogen-bond donors (Lipinski definition) is 1. The van der Waals surface area contributed by atoms with E-state index in [9.17, 15) is 14.4 Å². The maximum absolute atomic E-state index is 11.5. The Balaban J connectivity index is 2.34. The molecule has 3 nitrogen and oxygen atoms in total. The smallest absolute Gasteiger partial charge is 0.264 e. The number of Topliss-reactive ketones (excluding diaryl/α,β-unsaturated/α-hetero) is 3. The molecule has 2 rings (SSSR count). The third-order valence-corrected chi connectivity index (χ3v) is 4.23. The van der Waals surface area contributed by atoms with Crippen LogP contribution in [0.1, 0.15) is 19.8 Å². The number of hydrogen-bond acceptors (Lipinski definition) is 4. The second-order valence-corrected chi connectivity index (χ2v) is 4.83. The zero-order chi connectivity index (χ0) is 10.5. The van der Waals surface area contributed by atoms with E-state index in [2.05, 4.69) is 12.6 Å². The summed E-state index contributed by atoms with van der Waals surface area (Å²) in [5.41, 5.74) is 0. The van der Waals surface area contributed by atoms with Gasteiger partial charge in [0, 0.05) is 17.1 Å². The Kier molecular flexibility index (Phi) is 2.26. The first-order chi connectivity index (χ1) is 6.54. The summed E-state index contributed by atoms with van der Waals surface area (Å²) in [4.78, 5) is 34.1. The van der Waals surface area contributed by atoms with Crippen molar-refractivity contribution in [2.24, 2.45) is 17.8 Å². The summed E-state index contributed by atoms with van der Waals surface area (Å²) >= 11 is 4.35. The van der Waals surface area contributed by atoms with Crippen molar-refractivity contribution in [2.75, 3.05) is 0 Å². The Hall–Kier alpha value is -0.640. The predicted octanol–water partition coefficient (Wildman–Crippen LogP) is 0.668. The first-order valence-electron chi connectivity index (χ1n) is 4.84. The molecule has 0 saturated heterocycles. The summed E-state index contributed by atoms with van der Waals surface area (Å²) in [6.45, 7) is 2.01. The van der Waals surface area contributed by atoms with Crippen LogP contribution in [0.5, 0.6) is 0 Å². The molecule has 4 unspecified atom stereocenters. The van der Waals surface area contributed by atoms with E-state index < -0.39 is 23.3 Å². The van der Waals surface area contributed by atoms with Crippen molar-refractivity contribution in [1.82, 2.24) is 0 Å². The minimum Gasteiger partial charge on any atom is -0.290 e. The summed E-state index contributed by atoms with van der Waals surface area (Å²) in [6, 6.07) is 0. The summed E-state index contributed by atoms with van der Waals surface area (Å²) in [7, 11) is 0. The quantitative estimate of drug-likeness (QED) is 0.474. The van der Waals surface area contributed by atoms with Gasteiger partial charge in [-0.2, -0.15) is 12.6 Å². The number of carbonyl (C=O) groups is 3. The van der Waals surface area contributed by atoms with Gasteiger partial charge in [-0.1, -0.05) is 6.92 Å². The molecule has 0 N–H and O–H groups in total. The molecule has 0 spiro atoms. The van der Waals surface area contributed by atoms with E-state index >= 15 is 0 Å². The van der Waals surface area contributed by atoms with E-state index in [4.69, 9.17) is 0 Å². The molecule has 76 valence electrons. The number of carbonyl (C=O) groups excluding carboxylic acids is 3. The molecule has 4 atom stereocenters. The van der Waals surface area contributed by atoms with Crippen LogP contribution < -0.4 is 0 Å². The minimum absolute atomic E-state index is 0.128. The average molecular weight is 212 g/mol. The fraction of sp³-hybridized carbons (Fsp3) is 0.700. The summed E-state index contributed by atoms with van der Waals surface area (Å²) in [6.07, 6.45) is 1.54. The Morgan fingerprint density at radius 2 is 1.79 bits per heavy atom. The van der Waals surface area contributed by atoms with E-state index in [1.54, 1.807) is 0 Å². The molecule has 0 amide bonds. The molecule has 0 aromatic rings. The molecule has 0 heterocycles. The fourth-order valence-electron chi connectivity index (χ4n) is 2.46. The van der Waals surface area contributed by atoms with Crippen molar-refractivity contribution in [3.8, 4) is 0 Å². The summed E-state index contributed by atoms with van der Waals surface area (Å²) in [5.74, 6) is -2.29. The SMILES string of the molecule is CC1CCC2C(=O)C(=O)C(=O)C2C1S. The van der Waals surface area contributed by atoms with Gasteiger partial charge in [-0.15, -0.1) is 0 Å². The van der Waals surface area contributed by atoms with Crippen LogP contribution in [-0.4, -0.2) is 22.6 Å². The largest absolute Gasteiger partial charge is 0.290 e. The highest BCUT2D eigenvalue weighted by Gasteiger charge is 2.53. The van der Waals surface area contributed by atoms with Gasteiger partial charge in [0.25, 0.3) is 5.78 Å². The zero-order valence-corrected chi connectivity index (χ0v) is 8.79. The monoisotopic (exact) mass is 212 g/mol. The molecule has 0 aromatic heterocycles. The van der Waals surface area contributed by atoms with E-state index in [1.807, 2.05) is 6.92 Å². The van der Waals surface area contributed by atoms with E-state index in [-0.39, 0.29) is 11.2 Å². The van der Waals surface area contributed by atoms with Gasteiger partial charge in [0.15, 0.2) is 0 Å². The first-order valence-corrected chi connectivity index (χ1v) is 5.36. The Morgan fingerprint density at radius 1 is 1.14 bits per heavy atom. The number of fused-ring (bicyclic) bond motifs is 1. The Labute approximate surface area is 87.7 Å². The molecular formula is C10H12O3S. The van der Waals surface area contributed by atoms with Gasteiger partial charge in [0.1, 0.15) is 0 Å². The normalized spacial score (nSPS) is 42.9. The van der Waals surface area contributed by atoms with Crippen molar-refractivity contribution >= 4 is 30.0 Å². The zero-order valence-electron chi connectivity index (χ0n) is 7.90. The molecule has 14 heavy (non-hydrogen) atoms. The molecule has 2 saturated carbocycles. The van der Waals surface area contributed by atoms with Gasteiger partial charge in [-0.3, -0.25) is 14.4 Å². The molecule has 2 fully saturated rings. The van der Waals surface area contributed by atoms with Crippen molar-refractivity contribution in [1.29, 1.82) is 0 Å². The van der Waals surface area contributed by atoms with Gasteiger partial charge in [-0.25, -0.2) is 0 Å². The minimum atomic E-state index is -0.798. The third-order valence-electron chi connectivity index (χ3n) is 3.40. The van der Waals surface area contributed by atoms with Crippen LogP contribution in [0.25, 0.3) is 0 Å². The highest BCUT2D eigenvalue weighted by Crippen LogP contribution is 2.41. The van der Waals surface area contributed by atoms with Gasteiger partial charge in [0.2, 0.25) is 11.6 Å². The number of rotatable bonds is 0. The molecule has 2 aliphatic carbocycles. The van der Waals surface area contributed by atoms with E-state index in [1.165, 1.54) is 0 Å². The van der Waals surface area contributed by atoms with Gasteiger partial charge in [0.05, 0.1) is 0 Å². The van der Waals surface area contributed by atoms with E-state index in [0.29, 0.717) is 12.3 Å². The molecular weight excluding hydrogens is 200 g/mol. The van der Waals surface area contributed by atoms with Crippen LogP contribution in [0.2, 0.25) is 0 Å². The molecule has 0 bridgehead atoms. The van der Waals surface area contributed by atoms with Gasteiger partial charge >= 0.3 is 0 Å². The molecule has 0 aromatic carbocycles. The maximum Gasteiger partial charge on any atom is 0.264 e. The summed E-state index contributed by atoms with van der Waals surface area (Å²) < 4.78 is 0. The second kappa shape index (κ2) is 3.19. The molecule has 0 aliphatic heterocycles. The first kappa shape index (κ1) is 9.90. The lowest BCUT2D eigenvalue weighted by atomic mass is 9.75. The third kappa shape index (κ3) is 1.16. The summed E-state index contributed by atoms with van der Waals surface area (Å²) in [5, 5.41) is -0.128. The van der Waals surface area contributed by atoms with Gasteiger partial charge < -0.3 is 0 Å². The average Bonchev–Trinajstić information content (AvgIpc) is 2.38. The van der Waals surface area contributed by atoms with Crippen LogP contribution in [0.3, 0.4) is 0 Å². The van der Waals surface area contributed by atoms with Crippen LogP contribution in [0.4, 0.5) is 0 Å². The lowest BCUT2D eigenvalue weighted by Gasteiger charge is -2.32. The van der Waals surface area contributed by atoms with Gasteiger partial charge in [-0.05, 0) is 18.8 Å². The standard InChI is InChI=1S/C10H12O3S/c1-4-2-3-5-6(10(4)14)8(12)9(13)7(5)11/h4-6,10,14H,2-3H2,1H3. The molecule has 4 heteroatoms. The van der Waals surface area contributed by atoms with Crippen LogP contribution >= 0.6 is 12.6 Å². The van der Waals surface area contributed by atoms with E-state index in [0.717, 1.165) is 6.42 Å². The number of ketones is 3. The highest BCUT2D eigenvalue weighted by atomic mass is 32.1. The molecule has 0 radical (unpaired) electrons. The van der Waals surface area contributed by atoms with Crippen LogP contribution in [-0.2, 0) is 14.4 Å². The Bertz CT molecular complexity index is 323. The van der Waals surface area contributed by atoms with Crippen molar-refractivity contribution in [2.45, 2.75) is 25.0 Å². The topological polar surface area (TPSA) is 51.2 Å². The lowest BCUT2D eigenvalue weighted by Crippen LogP contribution is -2.36. The fourth-order valence-corrected chi connectivity index (χ4v) is 2.95. The maximum atomic E-state index is 11.5. The lowest BCUT2D eigenvalue weighted by molar-refractivity contribution is -0.141. The van der Waals surface area contributed by atoms with Crippen molar-refractivity contribution in [3.05, 3.63) is 0 Å². The predicted molar refractivity (Wildman–Crippen MR) is 53.2 cm³/mol. The van der Waals surface area contributed by atoms with Crippen molar-refractivity contribution in [3.63, 3.8) is 0 Å². The molecule has 2 aliphatic rings.